The van der Waals surface area contributed by atoms with Crippen LogP contribution < -0.4 is 0 Å². The molecule has 2 aromatic rings. The van der Waals surface area contributed by atoms with Gasteiger partial charge < -0.3 is 10.2 Å². The first-order chi connectivity index (χ1) is 9.54. The minimum atomic E-state index is -1.70. The summed E-state index contributed by atoms with van der Waals surface area (Å²) in [4.78, 5) is 11.8. The quantitative estimate of drug-likeness (QED) is 0.910. The highest BCUT2D eigenvalue weighted by molar-refractivity contribution is 7.85. The zero-order valence-corrected chi connectivity index (χ0v) is 11.8. The fourth-order valence-electron chi connectivity index (χ4n) is 1.76. The van der Waals surface area contributed by atoms with E-state index in [1.165, 1.54) is 18.2 Å². The van der Waals surface area contributed by atoms with Crippen LogP contribution in [0.15, 0.2) is 52.3 Å². The second kappa shape index (κ2) is 6.17. The van der Waals surface area contributed by atoms with Crippen molar-refractivity contribution in [1.82, 2.24) is 0 Å². The summed E-state index contributed by atoms with van der Waals surface area (Å²) in [6.45, 7) is -0.266. The Kier molecular flexibility index (Phi) is 4.54. The molecule has 0 aliphatic carbocycles. The first-order valence-electron chi connectivity index (χ1n) is 5.68. The number of carboxylic acids is 1. The molecule has 0 fully saturated rings. The van der Waals surface area contributed by atoms with Gasteiger partial charge in [0.15, 0.2) is 0 Å². The third kappa shape index (κ3) is 2.90. The number of aliphatic hydroxyl groups is 1. The van der Waals surface area contributed by atoms with Crippen molar-refractivity contribution in [3.8, 4) is 0 Å². The standard InChI is InChI=1S/C14H11ClO4S/c15-10-5-6-13(11(7-10)14(17)18)20(19)12-4-2-1-3-9(12)8-16/h1-7,16H,8H2,(H,17,18)/t20-/m0/s1. The number of benzene rings is 2. The Labute approximate surface area is 123 Å². The third-order valence-corrected chi connectivity index (χ3v) is 4.50. The molecule has 2 N–H and O–H groups in total. The van der Waals surface area contributed by atoms with Gasteiger partial charge in [-0.15, -0.1) is 0 Å². The van der Waals surface area contributed by atoms with Crippen molar-refractivity contribution in [3.05, 3.63) is 58.6 Å². The van der Waals surface area contributed by atoms with Gasteiger partial charge in [-0.3, -0.25) is 0 Å². The molecule has 0 amide bonds. The van der Waals surface area contributed by atoms with Gasteiger partial charge in [-0.25, -0.2) is 9.00 Å². The lowest BCUT2D eigenvalue weighted by Gasteiger charge is -2.09. The van der Waals surface area contributed by atoms with Gasteiger partial charge >= 0.3 is 5.97 Å². The van der Waals surface area contributed by atoms with Gasteiger partial charge in [0.2, 0.25) is 0 Å². The highest BCUT2D eigenvalue weighted by Crippen LogP contribution is 2.25. The summed E-state index contributed by atoms with van der Waals surface area (Å²) in [5, 5.41) is 18.7. The second-order valence-corrected chi connectivity index (χ2v) is 5.83. The number of rotatable bonds is 4. The summed E-state index contributed by atoms with van der Waals surface area (Å²) >= 11 is 5.77. The Morgan fingerprint density at radius 3 is 2.50 bits per heavy atom. The smallest absolute Gasteiger partial charge is 0.336 e. The molecule has 4 nitrogen and oxygen atoms in total. The molecule has 6 heteroatoms. The van der Waals surface area contributed by atoms with Crippen molar-refractivity contribution < 1.29 is 19.2 Å². The Morgan fingerprint density at radius 2 is 1.85 bits per heavy atom. The molecular formula is C14H11ClO4S. The summed E-state index contributed by atoms with van der Waals surface area (Å²) in [5.74, 6) is -1.20. The van der Waals surface area contributed by atoms with Crippen LogP contribution >= 0.6 is 11.6 Å². The van der Waals surface area contributed by atoms with Crippen molar-refractivity contribution >= 4 is 28.4 Å². The number of carbonyl (C=O) groups is 1. The second-order valence-electron chi connectivity index (χ2n) is 3.98. The molecule has 104 valence electrons. The number of carboxylic acid groups (broad SMARTS) is 1. The first-order valence-corrected chi connectivity index (χ1v) is 7.20. The molecule has 0 aromatic heterocycles. The van der Waals surface area contributed by atoms with E-state index in [4.69, 9.17) is 16.7 Å². The van der Waals surface area contributed by atoms with E-state index in [-0.39, 0.29) is 22.1 Å². The first kappa shape index (κ1) is 14.7. The van der Waals surface area contributed by atoms with E-state index in [0.717, 1.165) is 0 Å². The third-order valence-electron chi connectivity index (χ3n) is 2.71. The van der Waals surface area contributed by atoms with Gasteiger partial charge in [0.25, 0.3) is 0 Å². The van der Waals surface area contributed by atoms with Gasteiger partial charge in [-0.2, -0.15) is 0 Å². The van der Waals surface area contributed by atoms with Crippen molar-refractivity contribution in [2.75, 3.05) is 0 Å². The Balaban J connectivity index is 2.56. The van der Waals surface area contributed by atoms with Crippen LogP contribution in [0.1, 0.15) is 15.9 Å². The van der Waals surface area contributed by atoms with Crippen LogP contribution in [-0.4, -0.2) is 20.4 Å². The molecule has 0 aliphatic heterocycles. The van der Waals surface area contributed by atoms with Crippen LogP contribution in [0.5, 0.6) is 0 Å². The number of hydrogen-bond donors (Lipinski definition) is 2. The summed E-state index contributed by atoms with van der Waals surface area (Å²) in [6.07, 6.45) is 0. The maximum absolute atomic E-state index is 12.6. The molecule has 2 rings (SSSR count). The fourth-order valence-corrected chi connectivity index (χ4v) is 3.28. The Morgan fingerprint density at radius 1 is 1.15 bits per heavy atom. The van der Waals surface area contributed by atoms with Gasteiger partial charge in [0.1, 0.15) is 0 Å². The van der Waals surface area contributed by atoms with Crippen LogP contribution in [0.25, 0.3) is 0 Å². The minimum absolute atomic E-state index is 0.108. The normalized spacial score (nSPS) is 12.1. The molecule has 0 unspecified atom stereocenters. The molecular weight excluding hydrogens is 300 g/mol. The summed E-state index contributed by atoms with van der Waals surface area (Å²) in [6, 6.07) is 10.8. The summed E-state index contributed by atoms with van der Waals surface area (Å²) in [7, 11) is -1.70. The number of hydrogen-bond acceptors (Lipinski definition) is 3. The van der Waals surface area contributed by atoms with Crippen molar-refractivity contribution in [1.29, 1.82) is 0 Å². The van der Waals surface area contributed by atoms with Crippen LogP contribution in [0.3, 0.4) is 0 Å². The zero-order chi connectivity index (χ0) is 14.7. The summed E-state index contributed by atoms with van der Waals surface area (Å²) < 4.78 is 12.6. The average molecular weight is 311 g/mol. The van der Waals surface area contributed by atoms with E-state index in [1.807, 2.05) is 0 Å². The van der Waals surface area contributed by atoms with Gasteiger partial charge in [-0.05, 0) is 29.8 Å². The summed E-state index contributed by atoms with van der Waals surface area (Å²) in [5.41, 5.74) is 0.390. The maximum Gasteiger partial charge on any atom is 0.336 e. The molecule has 1 atom stereocenters. The molecule has 20 heavy (non-hydrogen) atoms. The fraction of sp³-hybridized carbons (Fsp3) is 0.0714. The van der Waals surface area contributed by atoms with Crippen LogP contribution in [0.2, 0.25) is 5.02 Å². The van der Waals surface area contributed by atoms with E-state index in [1.54, 1.807) is 24.3 Å². The minimum Gasteiger partial charge on any atom is -0.478 e. The Hall–Kier alpha value is -1.69. The van der Waals surface area contributed by atoms with E-state index < -0.39 is 16.8 Å². The number of halogens is 1. The molecule has 0 heterocycles. The van der Waals surface area contributed by atoms with E-state index in [0.29, 0.717) is 10.5 Å². The van der Waals surface area contributed by atoms with Crippen LogP contribution in [0, 0.1) is 0 Å². The largest absolute Gasteiger partial charge is 0.478 e. The number of aliphatic hydroxyl groups excluding tert-OH is 1. The molecule has 0 saturated heterocycles. The molecule has 0 spiro atoms. The topological polar surface area (TPSA) is 74.6 Å². The predicted molar refractivity (Wildman–Crippen MR) is 75.5 cm³/mol. The lowest BCUT2D eigenvalue weighted by molar-refractivity contribution is 0.0693. The predicted octanol–water partition coefficient (Wildman–Crippen LogP) is 2.70. The maximum atomic E-state index is 12.6. The molecule has 2 aromatic carbocycles. The lowest BCUT2D eigenvalue weighted by atomic mass is 10.2. The van der Waals surface area contributed by atoms with Crippen molar-refractivity contribution in [3.63, 3.8) is 0 Å². The van der Waals surface area contributed by atoms with E-state index in [2.05, 4.69) is 0 Å². The molecule has 0 radical (unpaired) electrons. The highest BCUT2D eigenvalue weighted by Gasteiger charge is 2.19. The van der Waals surface area contributed by atoms with E-state index >= 15 is 0 Å². The molecule has 0 saturated carbocycles. The van der Waals surface area contributed by atoms with Crippen molar-refractivity contribution in [2.45, 2.75) is 16.4 Å². The van der Waals surface area contributed by atoms with E-state index in [9.17, 15) is 14.1 Å². The van der Waals surface area contributed by atoms with Gasteiger partial charge in [-0.1, -0.05) is 29.8 Å². The van der Waals surface area contributed by atoms with Gasteiger partial charge in [0.05, 0.1) is 27.9 Å². The van der Waals surface area contributed by atoms with Crippen LogP contribution in [0.4, 0.5) is 0 Å². The molecule has 0 aliphatic rings. The molecule has 0 bridgehead atoms. The SMILES string of the molecule is O=C(O)c1cc(Cl)ccc1[S@@](=O)c1ccccc1CO. The van der Waals surface area contributed by atoms with Crippen molar-refractivity contribution in [2.24, 2.45) is 0 Å². The van der Waals surface area contributed by atoms with Gasteiger partial charge in [0, 0.05) is 9.92 Å². The van der Waals surface area contributed by atoms with Crippen LogP contribution in [-0.2, 0) is 17.4 Å². The lowest BCUT2D eigenvalue weighted by Crippen LogP contribution is -2.06. The number of aromatic carboxylic acids is 1. The Bertz CT molecular complexity index is 685. The monoisotopic (exact) mass is 310 g/mol. The highest BCUT2D eigenvalue weighted by atomic mass is 35.5. The average Bonchev–Trinajstić information content (AvgIpc) is 2.46. The zero-order valence-electron chi connectivity index (χ0n) is 10.2.